The molecule has 1 aromatic carbocycles. The van der Waals surface area contributed by atoms with Gasteiger partial charge in [-0.15, -0.1) is 0 Å². The van der Waals surface area contributed by atoms with Gasteiger partial charge in [0.25, 0.3) is 0 Å². The average molecular weight is 378 g/mol. The summed E-state index contributed by atoms with van der Waals surface area (Å²) < 4.78 is 52.3. The van der Waals surface area contributed by atoms with E-state index in [2.05, 4.69) is 10.3 Å². The summed E-state index contributed by atoms with van der Waals surface area (Å²) in [4.78, 5) is 16.3. The minimum absolute atomic E-state index is 0.0151. The first-order valence-electron chi connectivity index (χ1n) is 8.96. The molecule has 1 heterocycles. The van der Waals surface area contributed by atoms with Crippen molar-refractivity contribution in [1.82, 2.24) is 10.3 Å². The molecule has 1 N–H and O–H groups in total. The van der Waals surface area contributed by atoms with E-state index in [-0.39, 0.29) is 11.8 Å². The number of nitrogens with one attached hydrogen (secondary N) is 1. The van der Waals surface area contributed by atoms with Crippen LogP contribution in [0, 0.1) is 5.82 Å². The molecule has 1 fully saturated rings. The minimum atomic E-state index is -4.72. The number of carbonyl (C=O) groups is 1. The minimum Gasteiger partial charge on any atom is -0.353 e. The molecule has 0 spiro atoms. The Bertz CT molecular complexity index is 890. The van der Waals surface area contributed by atoms with E-state index in [1.165, 1.54) is 6.07 Å². The van der Waals surface area contributed by atoms with Crippen LogP contribution in [0.4, 0.5) is 17.6 Å². The Labute approximate surface area is 153 Å². The number of aromatic nitrogens is 1. The molecule has 1 unspecified atom stereocenters. The van der Waals surface area contributed by atoms with Crippen molar-refractivity contribution in [3.05, 3.63) is 53.1 Å². The summed E-state index contributed by atoms with van der Waals surface area (Å²) in [6, 6.07) is 3.25. The zero-order valence-electron chi connectivity index (χ0n) is 14.4. The topological polar surface area (TPSA) is 42.0 Å². The van der Waals surface area contributed by atoms with Crippen LogP contribution in [0.2, 0.25) is 0 Å². The maximum absolute atomic E-state index is 14.0. The molecule has 0 aliphatic heterocycles. The Kier molecular flexibility index (Phi) is 4.40. The number of benzene rings is 1. The van der Waals surface area contributed by atoms with Crippen molar-refractivity contribution in [1.29, 1.82) is 0 Å². The molecule has 1 amide bonds. The number of hydrogen-bond acceptors (Lipinski definition) is 2. The fourth-order valence-corrected chi connectivity index (χ4v) is 3.72. The van der Waals surface area contributed by atoms with Gasteiger partial charge >= 0.3 is 6.18 Å². The smallest absolute Gasteiger partial charge is 0.353 e. The van der Waals surface area contributed by atoms with Gasteiger partial charge in [0, 0.05) is 30.4 Å². The van der Waals surface area contributed by atoms with E-state index in [0.717, 1.165) is 42.5 Å². The third-order valence-electron chi connectivity index (χ3n) is 5.23. The molecule has 2 aliphatic rings. The highest BCUT2D eigenvalue weighted by Crippen LogP contribution is 2.41. The zero-order valence-corrected chi connectivity index (χ0v) is 14.4. The van der Waals surface area contributed by atoms with Crippen molar-refractivity contribution in [3.63, 3.8) is 0 Å². The van der Waals surface area contributed by atoms with Gasteiger partial charge in [-0.25, -0.2) is 4.39 Å². The lowest BCUT2D eigenvalue weighted by Gasteiger charge is -2.14. The normalized spacial score (nSPS) is 19.0. The van der Waals surface area contributed by atoms with Gasteiger partial charge in [0.2, 0.25) is 5.91 Å². The number of halogens is 4. The van der Waals surface area contributed by atoms with Gasteiger partial charge < -0.3 is 5.32 Å². The average Bonchev–Trinajstić information content (AvgIpc) is 3.32. The van der Waals surface area contributed by atoms with Gasteiger partial charge in [-0.2, -0.15) is 13.2 Å². The quantitative estimate of drug-likeness (QED) is 0.790. The van der Waals surface area contributed by atoms with Crippen LogP contribution < -0.4 is 5.32 Å². The van der Waals surface area contributed by atoms with E-state index in [1.807, 2.05) is 0 Å². The highest BCUT2D eigenvalue weighted by molar-refractivity contribution is 5.78. The van der Waals surface area contributed by atoms with Crippen molar-refractivity contribution in [2.45, 2.75) is 50.2 Å². The summed E-state index contributed by atoms with van der Waals surface area (Å²) in [5, 5.41) is 2.97. The fourth-order valence-electron chi connectivity index (χ4n) is 3.72. The van der Waals surface area contributed by atoms with E-state index < -0.39 is 17.6 Å². The van der Waals surface area contributed by atoms with Crippen molar-refractivity contribution in [2.75, 3.05) is 0 Å². The fraction of sp³-hybridized carbons (Fsp3) is 0.400. The zero-order chi connectivity index (χ0) is 19.2. The second-order valence-corrected chi connectivity index (χ2v) is 7.23. The molecule has 142 valence electrons. The molecular formula is C20H18F4N2O. The SMILES string of the molecule is O=C(CC1CCc2c(-c3ccc(C(F)(F)F)c(F)c3)cncc21)NC1CC1. The number of amides is 1. The lowest BCUT2D eigenvalue weighted by molar-refractivity contribution is -0.140. The molecular weight excluding hydrogens is 360 g/mol. The number of nitrogens with zero attached hydrogens (tertiary/aromatic N) is 1. The number of rotatable bonds is 4. The Morgan fingerprint density at radius 3 is 2.63 bits per heavy atom. The number of hydrogen-bond donors (Lipinski definition) is 1. The number of fused-ring (bicyclic) bond motifs is 1. The van der Waals surface area contributed by atoms with Crippen LogP contribution in [-0.4, -0.2) is 16.9 Å². The van der Waals surface area contributed by atoms with Crippen LogP contribution >= 0.6 is 0 Å². The predicted molar refractivity (Wildman–Crippen MR) is 91.5 cm³/mol. The second-order valence-electron chi connectivity index (χ2n) is 7.23. The van der Waals surface area contributed by atoms with Gasteiger partial charge in [-0.05, 0) is 60.4 Å². The summed E-state index contributed by atoms with van der Waals surface area (Å²) in [5.74, 6) is -1.25. The molecule has 4 rings (SSSR count). The van der Waals surface area contributed by atoms with E-state index in [9.17, 15) is 22.4 Å². The first-order chi connectivity index (χ1) is 12.8. The lowest BCUT2D eigenvalue weighted by Crippen LogP contribution is -2.26. The molecule has 2 aliphatic carbocycles. The maximum Gasteiger partial charge on any atom is 0.419 e. The monoisotopic (exact) mass is 378 g/mol. The molecule has 1 atom stereocenters. The number of alkyl halides is 3. The highest BCUT2D eigenvalue weighted by Gasteiger charge is 2.34. The molecule has 1 aromatic heterocycles. The molecule has 0 bridgehead atoms. The molecule has 7 heteroatoms. The van der Waals surface area contributed by atoms with E-state index in [4.69, 9.17) is 0 Å². The summed E-state index contributed by atoms with van der Waals surface area (Å²) in [7, 11) is 0. The lowest BCUT2D eigenvalue weighted by atomic mass is 9.95. The van der Waals surface area contributed by atoms with Crippen molar-refractivity contribution >= 4 is 5.91 Å². The van der Waals surface area contributed by atoms with Crippen LogP contribution in [0.25, 0.3) is 11.1 Å². The summed E-state index contributed by atoms with van der Waals surface area (Å²) in [6.07, 6.45) is 2.42. The van der Waals surface area contributed by atoms with Crippen LogP contribution in [0.5, 0.6) is 0 Å². The Morgan fingerprint density at radius 1 is 1.19 bits per heavy atom. The predicted octanol–water partition coefficient (Wildman–Crippen LogP) is 4.61. The Morgan fingerprint density at radius 2 is 1.96 bits per heavy atom. The first kappa shape index (κ1) is 17.9. The van der Waals surface area contributed by atoms with E-state index in [1.54, 1.807) is 12.4 Å². The van der Waals surface area contributed by atoms with Crippen LogP contribution in [0.1, 0.15) is 48.3 Å². The molecule has 27 heavy (non-hydrogen) atoms. The second kappa shape index (κ2) is 6.62. The van der Waals surface area contributed by atoms with Gasteiger partial charge in [-0.1, -0.05) is 6.07 Å². The van der Waals surface area contributed by atoms with Crippen molar-refractivity contribution < 1.29 is 22.4 Å². The summed E-state index contributed by atoms with van der Waals surface area (Å²) >= 11 is 0. The molecule has 0 radical (unpaired) electrons. The molecule has 0 saturated heterocycles. The highest BCUT2D eigenvalue weighted by atomic mass is 19.4. The number of carbonyl (C=O) groups excluding carboxylic acids is 1. The van der Waals surface area contributed by atoms with E-state index in [0.29, 0.717) is 30.0 Å². The largest absolute Gasteiger partial charge is 0.419 e. The summed E-state index contributed by atoms with van der Waals surface area (Å²) in [5.41, 5.74) is 1.59. The number of pyridine rings is 1. The first-order valence-corrected chi connectivity index (χ1v) is 8.96. The van der Waals surface area contributed by atoms with Crippen molar-refractivity contribution in [2.24, 2.45) is 0 Å². The van der Waals surface area contributed by atoms with Crippen LogP contribution in [0.15, 0.2) is 30.6 Å². The van der Waals surface area contributed by atoms with Gasteiger partial charge in [-0.3, -0.25) is 9.78 Å². The summed E-state index contributed by atoms with van der Waals surface area (Å²) in [6.45, 7) is 0. The van der Waals surface area contributed by atoms with Crippen LogP contribution in [0.3, 0.4) is 0 Å². The Hall–Kier alpha value is -2.44. The molecule has 1 saturated carbocycles. The van der Waals surface area contributed by atoms with E-state index >= 15 is 0 Å². The van der Waals surface area contributed by atoms with Gasteiger partial charge in [0.05, 0.1) is 5.56 Å². The third kappa shape index (κ3) is 3.68. The standard InChI is InChI=1S/C20H18F4N2O/c21-18-7-11(2-6-17(18)20(22,23)24)15-9-25-10-16-12(1-5-14(15)16)8-19(27)26-13-3-4-13/h2,6-7,9-10,12-13H,1,3-5,8H2,(H,26,27). The Balaban J connectivity index is 1.61. The van der Waals surface area contributed by atoms with Gasteiger partial charge in [0.1, 0.15) is 5.82 Å². The van der Waals surface area contributed by atoms with Gasteiger partial charge in [0.15, 0.2) is 0 Å². The van der Waals surface area contributed by atoms with Crippen molar-refractivity contribution in [3.8, 4) is 11.1 Å². The molecule has 3 nitrogen and oxygen atoms in total. The van der Waals surface area contributed by atoms with Crippen LogP contribution in [-0.2, 0) is 17.4 Å². The third-order valence-corrected chi connectivity index (χ3v) is 5.23. The molecule has 2 aromatic rings. The maximum atomic E-state index is 14.0.